The van der Waals surface area contributed by atoms with Crippen LogP contribution in [0, 0.1) is 10.1 Å². The molecule has 0 saturated heterocycles. The zero-order chi connectivity index (χ0) is 13.8. The number of aliphatic hydroxyl groups is 1. The van der Waals surface area contributed by atoms with Gasteiger partial charge >= 0.3 is 0 Å². The molecule has 0 amide bonds. The third kappa shape index (κ3) is 3.40. The van der Waals surface area contributed by atoms with Gasteiger partial charge in [0.15, 0.2) is 0 Å². The molecular weight excluding hydrogens is 272 g/mol. The Kier molecular flexibility index (Phi) is 3.94. The Labute approximate surface area is 113 Å². The number of nitrogens with zero attached hydrogens (tertiary/aromatic N) is 2. The largest absolute Gasteiger partial charge is 0.439 e. The first-order valence-electron chi connectivity index (χ1n) is 5.28. The summed E-state index contributed by atoms with van der Waals surface area (Å²) in [6, 6.07) is 8.93. The van der Waals surface area contributed by atoms with Crippen molar-refractivity contribution in [2.45, 2.75) is 6.61 Å². The summed E-state index contributed by atoms with van der Waals surface area (Å²) in [4.78, 5) is 13.9. The Hall–Kier alpha value is -2.18. The van der Waals surface area contributed by atoms with Crippen LogP contribution in [-0.2, 0) is 6.61 Å². The fourth-order valence-electron chi connectivity index (χ4n) is 1.40. The first-order chi connectivity index (χ1) is 9.08. The summed E-state index contributed by atoms with van der Waals surface area (Å²) < 4.78 is 5.37. The molecule has 0 aliphatic rings. The third-order valence-electron chi connectivity index (χ3n) is 2.29. The molecule has 0 radical (unpaired) electrons. The summed E-state index contributed by atoms with van der Waals surface area (Å²) >= 11 is 5.68. The van der Waals surface area contributed by atoms with Crippen LogP contribution < -0.4 is 4.74 Å². The van der Waals surface area contributed by atoms with Crippen molar-refractivity contribution < 1.29 is 14.8 Å². The quantitative estimate of drug-likeness (QED) is 0.529. The van der Waals surface area contributed by atoms with Gasteiger partial charge in [-0.05, 0) is 17.7 Å². The molecule has 0 spiro atoms. The lowest BCUT2D eigenvalue weighted by Gasteiger charge is -2.05. The van der Waals surface area contributed by atoms with Crippen molar-refractivity contribution in [3.63, 3.8) is 0 Å². The standard InChI is InChI=1S/C12H9ClN2O4/c13-11-5-9(15(17)18)6-12(14-11)19-10-3-1-8(7-16)2-4-10/h1-6,16H,7H2. The molecule has 0 bridgehead atoms. The van der Waals surface area contributed by atoms with E-state index >= 15 is 0 Å². The van der Waals surface area contributed by atoms with E-state index in [1.807, 2.05) is 0 Å². The normalized spacial score (nSPS) is 10.2. The molecule has 19 heavy (non-hydrogen) atoms. The van der Waals surface area contributed by atoms with Gasteiger partial charge in [0.2, 0.25) is 5.88 Å². The molecule has 1 N–H and O–H groups in total. The number of ether oxygens (including phenoxy) is 1. The van der Waals surface area contributed by atoms with E-state index in [-0.39, 0.29) is 23.3 Å². The van der Waals surface area contributed by atoms with Crippen molar-refractivity contribution in [3.05, 3.63) is 57.2 Å². The van der Waals surface area contributed by atoms with E-state index in [1.54, 1.807) is 24.3 Å². The summed E-state index contributed by atoms with van der Waals surface area (Å²) in [5, 5.41) is 19.6. The van der Waals surface area contributed by atoms with Crippen LogP contribution in [-0.4, -0.2) is 15.0 Å². The van der Waals surface area contributed by atoms with E-state index in [0.717, 1.165) is 11.6 Å². The molecule has 2 rings (SSSR count). The Morgan fingerprint density at radius 3 is 2.58 bits per heavy atom. The van der Waals surface area contributed by atoms with Gasteiger partial charge in [-0.1, -0.05) is 23.7 Å². The fraction of sp³-hybridized carbons (Fsp3) is 0.0833. The van der Waals surface area contributed by atoms with E-state index in [4.69, 9.17) is 21.4 Å². The molecule has 7 heteroatoms. The molecule has 1 heterocycles. The molecule has 2 aromatic rings. The Morgan fingerprint density at radius 2 is 2.00 bits per heavy atom. The SMILES string of the molecule is O=[N+]([O-])c1cc(Cl)nc(Oc2ccc(CO)cc2)c1. The minimum Gasteiger partial charge on any atom is -0.439 e. The number of aliphatic hydroxyl groups excluding tert-OH is 1. The molecule has 0 atom stereocenters. The van der Waals surface area contributed by atoms with Gasteiger partial charge in [-0.15, -0.1) is 0 Å². The van der Waals surface area contributed by atoms with E-state index in [1.165, 1.54) is 6.07 Å². The zero-order valence-electron chi connectivity index (χ0n) is 9.62. The van der Waals surface area contributed by atoms with Crippen LogP contribution in [0.1, 0.15) is 5.56 Å². The van der Waals surface area contributed by atoms with Gasteiger partial charge < -0.3 is 9.84 Å². The second-order valence-corrected chi connectivity index (χ2v) is 4.03. The van der Waals surface area contributed by atoms with Crippen molar-refractivity contribution in [1.82, 2.24) is 4.98 Å². The molecule has 0 aliphatic heterocycles. The molecule has 1 aromatic heterocycles. The van der Waals surface area contributed by atoms with E-state index in [0.29, 0.717) is 5.75 Å². The van der Waals surface area contributed by atoms with Crippen LogP contribution in [0.3, 0.4) is 0 Å². The Morgan fingerprint density at radius 1 is 1.32 bits per heavy atom. The minimum atomic E-state index is -0.574. The number of rotatable bonds is 4. The van der Waals surface area contributed by atoms with Gasteiger partial charge in [0.25, 0.3) is 5.69 Å². The second kappa shape index (κ2) is 5.64. The number of aromatic nitrogens is 1. The predicted octanol–water partition coefficient (Wildman–Crippen LogP) is 2.93. The topological polar surface area (TPSA) is 85.5 Å². The number of pyridine rings is 1. The van der Waals surface area contributed by atoms with E-state index < -0.39 is 4.92 Å². The third-order valence-corrected chi connectivity index (χ3v) is 2.49. The number of hydrogen-bond donors (Lipinski definition) is 1. The van der Waals surface area contributed by atoms with Crippen LogP contribution in [0.15, 0.2) is 36.4 Å². The lowest BCUT2D eigenvalue weighted by molar-refractivity contribution is -0.385. The highest BCUT2D eigenvalue weighted by atomic mass is 35.5. The van der Waals surface area contributed by atoms with Gasteiger partial charge in [-0.25, -0.2) is 4.98 Å². The lowest BCUT2D eigenvalue weighted by atomic mass is 10.2. The highest BCUT2D eigenvalue weighted by Crippen LogP contribution is 2.26. The van der Waals surface area contributed by atoms with Crippen molar-refractivity contribution in [2.24, 2.45) is 0 Å². The highest BCUT2D eigenvalue weighted by Gasteiger charge is 2.11. The van der Waals surface area contributed by atoms with Crippen LogP contribution in [0.2, 0.25) is 5.15 Å². The fourth-order valence-corrected chi connectivity index (χ4v) is 1.60. The minimum absolute atomic E-state index is 0.0174. The first kappa shape index (κ1) is 13.3. The van der Waals surface area contributed by atoms with Crippen molar-refractivity contribution in [1.29, 1.82) is 0 Å². The second-order valence-electron chi connectivity index (χ2n) is 3.65. The molecule has 6 nitrogen and oxygen atoms in total. The lowest BCUT2D eigenvalue weighted by Crippen LogP contribution is -1.93. The molecule has 0 fully saturated rings. The average molecular weight is 281 g/mol. The maximum atomic E-state index is 10.7. The molecule has 1 aromatic carbocycles. The molecule has 0 unspecified atom stereocenters. The van der Waals surface area contributed by atoms with Gasteiger partial charge in [0.1, 0.15) is 10.9 Å². The van der Waals surface area contributed by atoms with Gasteiger partial charge in [0.05, 0.1) is 23.7 Å². The van der Waals surface area contributed by atoms with Gasteiger partial charge in [0, 0.05) is 0 Å². The Balaban J connectivity index is 2.24. The van der Waals surface area contributed by atoms with Crippen molar-refractivity contribution >= 4 is 17.3 Å². The van der Waals surface area contributed by atoms with Crippen LogP contribution in [0.25, 0.3) is 0 Å². The van der Waals surface area contributed by atoms with Crippen molar-refractivity contribution in [2.75, 3.05) is 0 Å². The number of nitro groups is 1. The van der Waals surface area contributed by atoms with E-state index in [9.17, 15) is 10.1 Å². The molecule has 98 valence electrons. The Bertz CT molecular complexity index is 601. The monoisotopic (exact) mass is 280 g/mol. The number of hydrogen-bond acceptors (Lipinski definition) is 5. The molecule has 0 aliphatic carbocycles. The molecular formula is C12H9ClN2O4. The summed E-state index contributed by atoms with van der Waals surface area (Å²) in [6.45, 7) is -0.0683. The summed E-state index contributed by atoms with van der Waals surface area (Å²) in [5.74, 6) is 0.484. The average Bonchev–Trinajstić information content (AvgIpc) is 2.39. The highest BCUT2D eigenvalue weighted by molar-refractivity contribution is 6.29. The summed E-state index contributed by atoms with van der Waals surface area (Å²) in [7, 11) is 0. The summed E-state index contributed by atoms with van der Waals surface area (Å²) in [5.41, 5.74) is 0.541. The maximum Gasteiger partial charge on any atom is 0.277 e. The number of benzene rings is 1. The van der Waals surface area contributed by atoms with Crippen LogP contribution >= 0.6 is 11.6 Å². The summed E-state index contributed by atoms with van der Waals surface area (Å²) in [6.07, 6.45) is 0. The number of halogens is 1. The predicted molar refractivity (Wildman–Crippen MR) is 68.3 cm³/mol. The van der Waals surface area contributed by atoms with E-state index in [2.05, 4.69) is 4.98 Å². The van der Waals surface area contributed by atoms with Crippen LogP contribution in [0.5, 0.6) is 11.6 Å². The van der Waals surface area contributed by atoms with Gasteiger partial charge in [-0.2, -0.15) is 0 Å². The van der Waals surface area contributed by atoms with Crippen molar-refractivity contribution in [3.8, 4) is 11.6 Å². The zero-order valence-corrected chi connectivity index (χ0v) is 10.4. The smallest absolute Gasteiger partial charge is 0.277 e. The van der Waals surface area contributed by atoms with Crippen LogP contribution in [0.4, 0.5) is 5.69 Å². The maximum absolute atomic E-state index is 10.7. The van der Waals surface area contributed by atoms with Gasteiger partial charge in [-0.3, -0.25) is 10.1 Å². The molecule has 0 saturated carbocycles. The first-order valence-corrected chi connectivity index (χ1v) is 5.66.